The molecular formula is C14H21N3O2. The van der Waals surface area contributed by atoms with Crippen molar-refractivity contribution in [1.82, 2.24) is 10.2 Å². The van der Waals surface area contributed by atoms with E-state index in [-0.39, 0.29) is 0 Å². The zero-order valence-electron chi connectivity index (χ0n) is 11.5. The quantitative estimate of drug-likeness (QED) is 0.487. The monoisotopic (exact) mass is 263 g/mol. The fraction of sp³-hybridized carbons (Fsp3) is 0.500. The molecule has 0 amide bonds. The molecule has 1 aliphatic rings. The van der Waals surface area contributed by atoms with Crippen LogP contribution in [0.3, 0.4) is 0 Å². The van der Waals surface area contributed by atoms with Crippen molar-refractivity contribution in [3.63, 3.8) is 0 Å². The molecular weight excluding hydrogens is 242 g/mol. The largest absolute Gasteiger partial charge is 0.496 e. The topological polar surface area (TPSA) is 57.1 Å². The lowest BCUT2D eigenvalue weighted by Gasteiger charge is -2.28. The Hall–Kier alpha value is -1.59. The third-order valence-electron chi connectivity index (χ3n) is 3.38. The highest BCUT2D eigenvalue weighted by Crippen LogP contribution is 2.24. The van der Waals surface area contributed by atoms with Crippen LogP contribution in [0, 0.1) is 6.92 Å². The van der Waals surface area contributed by atoms with Crippen LogP contribution in [0.5, 0.6) is 5.75 Å². The number of piperazine rings is 1. The van der Waals surface area contributed by atoms with Crippen molar-refractivity contribution >= 4 is 6.21 Å². The minimum atomic E-state index is 0.753. The van der Waals surface area contributed by atoms with Gasteiger partial charge in [-0.3, -0.25) is 4.90 Å². The first kappa shape index (κ1) is 13.8. The lowest BCUT2D eigenvalue weighted by molar-refractivity contribution is 0.233. The summed E-state index contributed by atoms with van der Waals surface area (Å²) in [6.07, 6.45) is 1.45. The van der Waals surface area contributed by atoms with Crippen LogP contribution < -0.4 is 10.1 Å². The summed E-state index contributed by atoms with van der Waals surface area (Å²) in [4.78, 5) is 2.39. The Bertz CT molecular complexity index is 454. The molecule has 0 unspecified atom stereocenters. The van der Waals surface area contributed by atoms with E-state index in [0.717, 1.165) is 55.2 Å². The van der Waals surface area contributed by atoms with Gasteiger partial charge >= 0.3 is 0 Å². The zero-order chi connectivity index (χ0) is 13.7. The first-order chi connectivity index (χ1) is 9.24. The summed E-state index contributed by atoms with van der Waals surface area (Å²) in [5.41, 5.74) is 3.14. The lowest BCUT2D eigenvalue weighted by atomic mass is 10.0. The van der Waals surface area contributed by atoms with Crippen LogP contribution in [0.25, 0.3) is 0 Å². The summed E-state index contributed by atoms with van der Waals surface area (Å²) >= 11 is 0. The second kappa shape index (κ2) is 6.54. The smallest absolute Gasteiger partial charge is 0.128 e. The average molecular weight is 263 g/mol. The molecule has 0 atom stereocenters. The highest BCUT2D eigenvalue weighted by molar-refractivity contribution is 5.85. The Balaban J connectivity index is 2.28. The Morgan fingerprint density at radius 3 is 2.79 bits per heavy atom. The van der Waals surface area contributed by atoms with Crippen molar-refractivity contribution in [1.29, 1.82) is 0 Å². The van der Waals surface area contributed by atoms with Crippen molar-refractivity contribution in [3.05, 3.63) is 28.8 Å². The van der Waals surface area contributed by atoms with Gasteiger partial charge in [0, 0.05) is 38.3 Å². The van der Waals surface area contributed by atoms with E-state index in [1.165, 1.54) is 6.21 Å². The van der Waals surface area contributed by atoms with E-state index in [1.807, 2.05) is 13.0 Å². The molecule has 2 N–H and O–H groups in total. The molecule has 1 fully saturated rings. The summed E-state index contributed by atoms with van der Waals surface area (Å²) in [5, 5.41) is 15.3. The van der Waals surface area contributed by atoms with Gasteiger partial charge in [0.2, 0.25) is 0 Å². The molecule has 1 heterocycles. The molecule has 104 valence electrons. The molecule has 2 rings (SSSR count). The molecule has 1 aliphatic heterocycles. The van der Waals surface area contributed by atoms with Gasteiger partial charge in [-0.05, 0) is 24.1 Å². The summed E-state index contributed by atoms with van der Waals surface area (Å²) in [6, 6.07) is 4.08. The van der Waals surface area contributed by atoms with Crippen molar-refractivity contribution < 1.29 is 9.94 Å². The van der Waals surface area contributed by atoms with E-state index in [2.05, 4.69) is 21.4 Å². The summed E-state index contributed by atoms with van der Waals surface area (Å²) in [6.45, 7) is 7.00. The maximum absolute atomic E-state index is 8.83. The third kappa shape index (κ3) is 3.45. The molecule has 0 aliphatic carbocycles. The van der Waals surface area contributed by atoms with Gasteiger partial charge in [0.25, 0.3) is 0 Å². The van der Waals surface area contributed by atoms with Crippen LogP contribution in [0.15, 0.2) is 17.3 Å². The standard InChI is InChI=1S/C14H21N3O2/c1-11-7-12(10-17-5-3-15-4-6-17)13(9-16-18)14(8-11)19-2/h7-9,15,18H,3-6,10H2,1-2H3/b16-9+. The Labute approximate surface area is 113 Å². The minimum absolute atomic E-state index is 0.753. The predicted molar refractivity (Wildman–Crippen MR) is 75.3 cm³/mol. The molecule has 0 saturated carbocycles. The number of hydrogen-bond acceptors (Lipinski definition) is 5. The third-order valence-corrected chi connectivity index (χ3v) is 3.38. The summed E-state index contributed by atoms with van der Waals surface area (Å²) < 4.78 is 5.38. The Morgan fingerprint density at radius 1 is 1.42 bits per heavy atom. The Kier molecular flexibility index (Phi) is 4.76. The Morgan fingerprint density at radius 2 is 2.16 bits per heavy atom. The van der Waals surface area contributed by atoms with E-state index >= 15 is 0 Å². The molecule has 0 spiro atoms. The molecule has 19 heavy (non-hydrogen) atoms. The van der Waals surface area contributed by atoms with Crippen molar-refractivity contribution in [2.24, 2.45) is 5.16 Å². The van der Waals surface area contributed by atoms with Gasteiger partial charge in [0.15, 0.2) is 0 Å². The number of benzene rings is 1. The number of aryl methyl sites for hydroxylation is 1. The molecule has 1 aromatic carbocycles. The highest BCUT2D eigenvalue weighted by atomic mass is 16.5. The number of methoxy groups -OCH3 is 1. The summed E-state index contributed by atoms with van der Waals surface area (Å²) in [7, 11) is 1.64. The number of oxime groups is 1. The van der Waals surface area contributed by atoms with Gasteiger partial charge in [-0.15, -0.1) is 0 Å². The molecule has 0 aromatic heterocycles. The van der Waals surface area contributed by atoms with Crippen LogP contribution in [0.2, 0.25) is 0 Å². The van der Waals surface area contributed by atoms with Crippen LogP contribution in [-0.4, -0.2) is 49.6 Å². The van der Waals surface area contributed by atoms with Gasteiger partial charge in [0.05, 0.1) is 13.3 Å². The van der Waals surface area contributed by atoms with Crippen molar-refractivity contribution in [2.45, 2.75) is 13.5 Å². The van der Waals surface area contributed by atoms with Crippen LogP contribution in [0.4, 0.5) is 0 Å². The maximum atomic E-state index is 8.83. The van der Waals surface area contributed by atoms with Crippen molar-refractivity contribution in [2.75, 3.05) is 33.3 Å². The van der Waals surface area contributed by atoms with E-state index in [9.17, 15) is 0 Å². The average Bonchev–Trinajstić information content (AvgIpc) is 2.42. The van der Waals surface area contributed by atoms with Gasteiger partial charge in [0.1, 0.15) is 5.75 Å². The molecule has 5 heteroatoms. The van der Waals surface area contributed by atoms with E-state index < -0.39 is 0 Å². The van der Waals surface area contributed by atoms with Crippen LogP contribution in [0.1, 0.15) is 16.7 Å². The van der Waals surface area contributed by atoms with Gasteiger partial charge in [-0.1, -0.05) is 11.2 Å². The predicted octanol–water partition coefficient (Wildman–Crippen LogP) is 1.22. The zero-order valence-corrected chi connectivity index (χ0v) is 11.5. The molecule has 0 bridgehead atoms. The SMILES string of the molecule is COc1cc(C)cc(CN2CCNCC2)c1/C=N/O. The van der Waals surface area contributed by atoms with E-state index in [1.54, 1.807) is 7.11 Å². The fourth-order valence-corrected chi connectivity index (χ4v) is 2.45. The number of rotatable bonds is 4. The van der Waals surface area contributed by atoms with Gasteiger partial charge < -0.3 is 15.3 Å². The molecule has 1 saturated heterocycles. The molecule has 5 nitrogen and oxygen atoms in total. The van der Waals surface area contributed by atoms with Crippen LogP contribution >= 0.6 is 0 Å². The number of hydrogen-bond donors (Lipinski definition) is 2. The number of nitrogens with one attached hydrogen (secondary N) is 1. The van der Waals surface area contributed by atoms with E-state index in [4.69, 9.17) is 9.94 Å². The second-order valence-corrected chi connectivity index (χ2v) is 4.81. The van der Waals surface area contributed by atoms with E-state index in [0.29, 0.717) is 0 Å². The first-order valence-electron chi connectivity index (χ1n) is 6.52. The molecule has 1 aromatic rings. The molecule has 0 radical (unpaired) electrons. The fourth-order valence-electron chi connectivity index (χ4n) is 2.45. The second-order valence-electron chi connectivity index (χ2n) is 4.81. The number of ether oxygens (including phenoxy) is 1. The lowest BCUT2D eigenvalue weighted by Crippen LogP contribution is -2.43. The van der Waals surface area contributed by atoms with Gasteiger partial charge in [-0.2, -0.15) is 0 Å². The maximum Gasteiger partial charge on any atom is 0.128 e. The normalized spacial score (nSPS) is 16.9. The van der Waals surface area contributed by atoms with Gasteiger partial charge in [-0.25, -0.2) is 0 Å². The first-order valence-corrected chi connectivity index (χ1v) is 6.52. The van der Waals surface area contributed by atoms with Crippen LogP contribution in [-0.2, 0) is 6.54 Å². The van der Waals surface area contributed by atoms with Crippen molar-refractivity contribution in [3.8, 4) is 5.75 Å². The minimum Gasteiger partial charge on any atom is -0.496 e. The summed E-state index contributed by atoms with van der Waals surface area (Å²) in [5.74, 6) is 0.753. The highest BCUT2D eigenvalue weighted by Gasteiger charge is 2.14. The number of nitrogens with zero attached hydrogens (tertiary/aromatic N) is 2.